The van der Waals surface area contributed by atoms with Crippen LogP contribution in [-0.2, 0) is 15.0 Å². The number of amides is 2. The van der Waals surface area contributed by atoms with E-state index in [1.54, 1.807) is 24.3 Å². The van der Waals surface area contributed by atoms with E-state index < -0.39 is 5.41 Å². The zero-order chi connectivity index (χ0) is 13.3. The summed E-state index contributed by atoms with van der Waals surface area (Å²) in [6, 6.07) is 7.01. The van der Waals surface area contributed by atoms with Crippen LogP contribution in [0.5, 0.6) is 0 Å². The fourth-order valence-electron chi connectivity index (χ4n) is 1.93. The van der Waals surface area contributed by atoms with Gasteiger partial charge in [-0.25, -0.2) is 0 Å². The number of hydrogen-bond donors (Lipinski definition) is 2. The summed E-state index contributed by atoms with van der Waals surface area (Å²) in [5.41, 5.74) is 1.61. The van der Waals surface area contributed by atoms with E-state index in [9.17, 15) is 9.59 Å². The zero-order valence-electron chi connectivity index (χ0n) is 10.2. The van der Waals surface area contributed by atoms with E-state index in [1.165, 1.54) is 0 Å². The lowest BCUT2D eigenvalue weighted by Gasteiger charge is -2.15. The van der Waals surface area contributed by atoms with Crippen molar-refractivity contribution in [2.45, 2.75) is 25.7 Å². The fraction of sp³-hybridized carbons (Fsp3) is 0.308. The highest BCUT2D eigenvalue weighted by atomic mass is 16.2. The Morgan fingerprint density at radius 3 is 2.89 bits per heavy atom. The Labute approximate surface area is 105 Å². The van der Waals surface area contributed by atoms with Gasteiger partial charge in [-0.1, -0.05) is 0 Å². The van der Waals surface area contributed by atoms with Gasteiger partial charge in [0, 0.05) is 11.4 Å². The lowest BCUT2D eigenvalue weighted by atomic mass is 9.86. The predicted molar refractivity (Wildman–Crippen MR) is 67.0 cm³/mol. The molecule has 0 saturated carbocycles. The first kappa shape index (κ1) is 12.1. The molecule has 0 saturated heterocycles. The van der Waals surface area contributed by atoms with Crippen LogP contribution in [0.1, 0.15) is 25.8 Å². The van der Waals surface area contributed by atoms with Crippen molar-refractivity contribution in [3.8, 4) is 6.07 Å². The largest absolute Gasteiger partial charge is 0.325 e. The third kappa shape index (κ3) is 1.93. The highest BCUT2D eigenvalue weighted by Crippen LogP contribution is 2.38. The second-order valence-corrected chi connectivity index (χ2v) is 4.72. The molecule has 0 spiro atoms. The summed E-state index contributed by atoms with van der Waals surface area (Å²) < 4.78 is 0. The molecule has 18 heavy (non-hydrogen) atoms. The van der Waals surface area contributed by atoms with Crippen molar-refractivity contribution in [2.24, 2.45) is 0 Å². The molecule has 5 nitrogen and oxygen atoms in total. The van der Waals surface area contributed by atoms with E-state index in [4.69, 9.17) is 5.26 Å². The van der Waals surface area contributed by atoms with Crippen molar-refractivity contribution >= 4 is 23.2 Å². The van der Waals surface area contributed by atoms with Gasteiger partial charge in [-0.3, -0.25) is 9.59 Å². The molecule has 1 heterocycles. The number of carbonyl (C=O) groups is 2. The smallest absolute Gasteiger partial charge is 0.238 e. The highest BCUT2D eigenvalue weighted by molar-refractivity contribution is 6.06. The number of nitrogens with zero attached hydrogens (tertiary/aromatic N) is 1. The molecule has 2 rings (SSSR count). The number of hydrogen-bond acceptors (Lipinski definition) is 3. The summed E-state index contributed by atoms with van der Waals surface area (Å²) in [4.78, 5) is 23.1. The molecule has 1 aliphatic rings. The van der Waals surface area contributed by atoms with Crippen molar-refractivity contribution in [1.82, 2.24) is 0 Å². The maximum Gasteiger partial charge on any atom is 0.238 e. The average Bonchev–Trinajstić information content (AvgIpc) is 2.51. The number of fused-ring (bicyclic) bond motifs is 1. The fourth-order valence-corrected chi connectivity index (χ4v) is 1.93. The minimum absolute atomic E-state index is 0.0574. The van der Waals surface area contributed by atoms with Gasteiger partial charge >= 0.3 is 0 Å². The van der Waals surface area contributed by atoms with Gasteiger partial charge in [0.05, 0.1) is 11.5 Å². The first-order valence-electron chi connectivity index (χ1n) is 5.58. The topological polar surface area (TPSA) is 82.0 Å². The van der Waals surface area contributed by atoms with Crippen LogP contribution in [0, 0.1) is 11.3 Å². The standard InChI is InChI=1S/C13H13N3O2/c1-13(2)9-7-8(15-11(17)5-6-14)3-4-10(9)16-12(13)18/h3-4,7H,5H2,1-2H3,(H,15,17)(H,16,18). The molecule has 0 radical (unpaired) electrons. The second kappa shape index (κ2) is 4.15. The summed E-state index contributed by atoms with van der Waals surface area (Å²) in [5, 5.41) is 13.8. The molecular weight excluding hydrogens is 230 g/mol. The Balaban J connectivity index is 2.29. The molecule has 0 atom stereocenters. The molecule has 1 aromatic rings. The Bertz CT molecular complexity index is 570. The quantitative estimate of drug-likeness (QED) is 0.830. The van der Waals surface area contributed by atoms with Gasteiger partial charge in [-0.2, -0.15) is 5.26 Å². The van der Waals surface area contributed by atoms with Crippen molar-refractivity contribution in [3.63, 3.8) is 0 Å². The molecule has 1 aliphatic heterocycles. The number of rotatable bonds is 2. The van der Waals surface area contributed by atoms with Gasteiger partial charge in [-0.05, 0) is 37.6 Å². The van der Waals surface area contributed by atoms with Gasteiger partial charge in [-0.15, -0.1) is 0 Å². The van der Waals surface area contributed by atoms with Crippen LogP contribution in [0.4, 0.5) is 11.4 Å². The Hall–Kier alpha value is -2.35. The van der Waals surface area contributed by atoms with E-state index in [-0.39, 0.29) is 18.2 Å². The monoisotopic (exact) mass is 243 g/mol. The van der Waals surface area contributed by atoms with E-state index in [2.05, 4.69) is 10.6 Å². The van der Waals surface area contributed by atoms with Crippen LogP contribution < -0.4 is 10.6 Å². The zero-order valence-corrected chi connectivity index (χ0v) is 10.2. The molecule has 0 aromatic heterocycles. The van der Waals surface area contributed by atoms with Crippen LogP contribution in [0.3, 0.4) is 0 Å². The van der Waals surface area contributed by atoms with Crippen LogP contribution in [-0.4, -0.2) is 11.8 Å². The highest BCUT2D eigenvalue weighted by Gasteiger charge is 2.38. The predicted octanol–water partition coefficient (Wildman–Crippen LogP) is 1.77. The average molecular weight is 243 g/mol. The number of benzene rings is 1. The van der Waals surface area contributed by atoms with Crippen molar-refractivity contribution in [1.29, 1.82) is 5.26 Å². The van der Waals surface area contributed by atoms with Gasteiger partial charge in [0.25, 0.3) is 0 Å². The summed E-state index contributed by atoms with van der Waals surface area (Å²) in [6.45, 7) is 3.66. The minimum atomic E-state index is -0.606. The summed E-state index contributed by atoms with van der Waals surface area (Å²) in [5.74, 6) is -0.412. The Kier molecular flexibility index (Phi) is 2.79. The van der Waals surface area contributed by atoms with Crippen molar-refractivity contribution < 1.29 is 9.59 Å². The maximum absolute atomic E-state index is 11.7. The van der Waals surface area contributed by atoms with E-state index in [0.717, 1.165) is 11.3 Å². The van der Waals surface area contributed by atoms with E-state index in [1.807, 2.05) is 13.8 Å². The third-order valence-corrected chi connectivity index (χ3v) is 3.03. The normalized spacial score (nSPS) is 15.5. The molecule has 0 unspecified atom stereocenters. The van der Waals surface area contributed by atoms with E-state index >= 15 is 0 Å². The molecule has 2 N–H and O–H groups in total. The molecule has 0 aliphatic carbocycles. The number of nitriles is 1. The summed E-state index contributed by atoms with van der Waals surface area (Å²) in [7, 11) is 0. The van der Waals surface area contributed by atoms with Crippen molar-refractivity contribution in [2.75, 3.05) is 10.6 Å². The minimum Gasteiger partial charge on any atom is -0.325 e. The number of carbonyl (C=O) groups excluding carboxylic acids is 2. The maximum atomic E-state index is 11.7. The summed E-state index contributed by atoms with van der Waals surface area (Å²) in [6.07, 6.45) is -0.183. The van der Waals surface area contributed by atoms with Gasteiger partial charge < -0.3 is 10.6 Å². The number of anilines is 2. The molecule has 2 amide bonds. The molecule has 0 bridgehead atoms. The SMILES string of the molecule is CC1(C)C(=O)Nc2ccc(NC(=O)CC#N)cc21. The number of nitrogens with one attached hydrogen (secondary N) is 2. The van der Waals surface area contributed by atoms with Gasteiger partial charge in [0.15, 0.2) is 0 Å². The first-order chi connectivity index (χ1) is 8.45. The Morgan fingerprint density at radius 1 is 1.50 bits per heavy atom. The molecule has 5 heteroatoms. The van der Waals surface area contributed by atoms with Gasteiger partial charge in [0.2, 0.25) is 11.8 Å². The van der Waals surface area contributed by atoms with Crippen LogP contribution >= 0.6 is 0 Å². The first-order valence-corrected chi connectivity index (χ1v) is 5.58. The molecular formula is C13H13N3O2. The van der Waals surface area contributed by atoms with Crippen molar-refractivity contribution in [3.05, 3.63) is 23.8 Å². The molecule has 0 fully saturated rings. The Morgan fingerprint density at radius 2 is 2.22 bits per heavy atom. The second-order valence-electron chi connectivity index (χ2n) is 4.72. The molecule has 1 aromatic carbocycles. The summed E-state index contributed by atoms with van der Waals surface area (Å²) >= 11 is 0. The van der Waals surface area contributed by atoms with Crippen LogP contribution in [0.2, 0.25) is 0 Å². The molecule has 92 valence electrons. The van der Waals surface area contributed by atoms with Crippen LogP contribution in [0.15, 0.2) is 18.2 Å². The lowest BCUT2D eigenvalue weighted by molar-refractivity contribution is -0.119. The van der Waals surface area contributed by atoms with E-state index in [0.29, 0.717) is 5.69 Å². The third-order valence-electron chi connectivity index (χ3n) is 3.03. The van der Waals surface area contributed by atoms with Gasteiger partial charge in [0.1, 0.15) is 6.42 Å². The van der Waals surface area contributed by atoms with Crippen LogP contribution in [0.25, 0.3) is 0 Å². The lowest BCUT2D eigenvalue weighted by Crippen LogP contribution is -2.26.